The SMILES string of the molecule is Cl.Cn1nnc(C2=CC3CNCC3C2)n1. The molecule has 0 bridgehead atoms. The lowest BCUT2D eigenvalue weighted by Crippen LogP contribution is -2.09. The highest BCUT2D eigenvalue weighted by atomic mass is 35.5. The summed E-state index contributed by atoms with van der Waals surface area (Å²) in [5.74, 6) is 2.25. The number of nitrogens with one attached hydrogen (secondary N) is 1. The van der Waals surface area contributed by atoms with Crippen molar-refractivity contribution in [1.29, 1.82) is 0 Å². The summed E-state index contributed by atoms with van der Waals surface area (Å²) in [6.07, 6.45) is 3.41. The van der Waals surface area contributed by atoms with Crippen LogP contribution in [0, 0.1) is 11.8 Å². The van der Waals surface area contributed by atoms with Crippen LogP contribution in [0.5, 0.6) is 0 Å². The third kappa shape index (κ3) is 1.77. The van der Waals surface area contributed by atoms with E-state index in [0.717, 1.165) is 31.3 Å². The fourth-order valence-electron chi connectivity index (χ4n) is 2.36. The van der Waals surface area contributed by atoms with Crippen LogP contribution in [0.4, 0.5) is 0 Å². The normalized spacial score (nSPS) is 28.5. The maximum Gasteiger partial charge on any atom is 0.200 e. The van der Waals surface area contributed by atoms with E-state index in [4.69, 9.17) is 0 Å². The van der Waals surface area contributed by atoms with Gasteiger partial charge in [0.05, 0.1) is 7.05 Å². The molecule has 1 saturated heterocycles. The predicted octanol–water partition coefficient (Wildman–Crippen LogP) is 0.255. The Labute approximate surface area is 94.3 Å². The topological polar surface area (TPSA) is 55.6 Å². The van der Waals surface area contributed by atoms with Gasteiger partial charge in [0.15, 0.2) is 0 Å². The van der Waals surface area contributed by atoms with Crippen molar-refractivity contribution >= 4 is 18.0 Å². The fraction of sp³-hybridized carbons (Fsp3) is 0.667. The van der Waals surface area contributed by atoms with E-state index in [1.807, 2.05) is 0 Å². The molecule has 6 heteroatoms. The Morgan fingerprint density at radius 1 is 1.47 bits per heavy atom. The lowest BCUT2D eigenvalue weighted by molar-refractivity contribution is 0.536. The van der Waals surface area contributed by atoms with Crippen molar-refractivity contribution < 1.29 is 0 Å². The molecule has 1 fully saturated rings. The van der Waals surface area contributed by atoms with Gasteiger partial charge in [-0.1, -0.05) is 6.08 Å². The number of aryl methyl sites for hydroxylation is 1. The zero-order valence-electron chi connectivity index (χ0n) is 8.55. The standard InChI is InChI=1S/C9H13N5.ClH/c1-14-12-9(11-13-14)6-2-7-4-10-5-8(7)3-6;/h2,7-8,10H,3-5H2,1H3;1H. The molecule has 0 amide bonds. The molecule has 0 spiro atoms. The Morgan fingerprint density at radius 3 is 3.00 bits per heavy atom. The van der Waals surface area contributed by atoms with Gasteiger partial charge in [0.2, 0.25) is 5.82 Å². The van der Waals surface area contributed by atoms with Gasteiger partial charge in [-0.05, 0) is 35.6 Å². The average molecular weight is 228 g/mol. The largest absolute Gasteiger partial charge is 0.316 e. The van der Waals surface area contributed by atoms with E-state index < -0.39 is 0 Å². The summed E-state index contributed by atoms with van der Waals surface area (Å²) < 4.78 is 0. The summed E-state index contributed by atoms with van der Waals surface area (Å²) in [7, 11) is 1.80. The Balaban J connectivity index is 0.000000853. The molecule has 2 aliphatic rings. The van der Waals surface area contributed by atoms with Gasteiger partial charge in [0, 0.05) is 6.54 Å². The smallest absolute Gasteiger partial charge is 0.200 e. The second kappa shape index (κ2) is 3.90. The Kier molecular flexibility index (Phi) is 2.75. The second-order valence-corrected chi connectivity index (χ2v) is 4.08. The average Bonchev–Trinajstić information content (AvgIpc) is 2.75. The molecule has 82 valence electrons. The molecule has 1 aliphatic heterocycles. The highest BCUT2D eigenvalue weighted by Gasteiger charge is 2.33. The first-order valence-corrected chi connectivity index (χ1v) is 4.99. The van der Waals surface area contributed by atoms with E-state index in [-0.39, 0.29) is 12.4 Å². The number of fused-ring (bicyclic) bond motifs is 1. The maximum absolute atomic E-state index is 4.23. The van der Waals surface area contributed by atoms with Gasteiger partial charge in [-0.15, -0.1) is 22.6 Å². The van der Waals surface area contributed by atoms with Crippen LogP contribution in [0.15, 0.2) is 6.08 Å². The number of hydrogen-bond acceptors (Lipinski definition) is 4. The lowest BCUT2D eigenvalue weighted by Gasteiger charge is -2.03. The molecule has 0 radical (unpaired) electrons. The van der Waals surface area contributed by atoms with Crippen molar-refractivity contribution in [3.05, 3.63) is 11.9 Å². The predicted molar refractivity (Wildman–Crippen MR) is 58.5 cm³/mol. The van der Waals surface area contributed by atoms with Crippen LogP contribution in [-0.2, 0) is 7.05 Å². The van der Waals surface area contributed by atoms with Crippen molar-refractivity contribution in [2.45, 2.75) is 6.42 Å². The number of hydrogen-bond donors (Lipinski definition) is 1. The summed E-state index contributed by atoms with van der Waals surface area (Å²) in [6, 6.07) is 0. The molecule has 1 aromatic heterocycles. The van der Waals surface area contributed by atoms with Crippen LogP contribution in [-0.4, -0.2) is 33.3 Å². The van der Waals surface area contributed by atoms with Gasteiger partial charge in [-0.2, -0.15) is 4.80 Å². The third-order valence-electron chi connectivity index (χ3n) is 3.08. The Morgan fingerprint density at radius 2 is 2.33 bits per heavy atom. The third-order valence-corrected chi connectivity index (χ3v) is 3.08. The molecular formula is C9H14ClN5. The van der Waals surface area contributed by atoms with Crippen molar-refractivity contribution in [2.24, 2.45) is 18.9 Å². The van der Waals surface area contributed by atoms with Crippen LogP contribution in [0.1, 0.15) is 12.2 Å². The lowest BCUT2D eigenvalue weighted by atomic mass is 10.00. The highest BCUT2D eigenvalue weighted by Crippen LogP contribution is 2.36. The van der Waals surface area contributed by atoms with E-state index in [1.165, 1.54) is 10.4 Å². The molecule has 3 rings (SSSR count). The van der Waals surface area contributed by atoms with Crippen LogP contribution in [0.2, 0.25) is 0 Å². The fourth-order valence-corrected chi connectivity index (χ4v) is 2.36. The Hall–Kier alpha value is -0.940. The summed E-state index contributed by atoms with van der Waals surface area (Å²) in [4.78, 5) is 1.52. The number of rotatable bonds is 1. The van der Waals surface area contributed by atoms with Crippen LogP contribution in [0.3, 0.4) is 0 Å². The first kappa shape index (κ1) is 10.6. The van der Waals surface area contributed by atoms with Gasteiger partial charge in [-0.3, -0.25) is 0 Å². The molecule has 2 atom stereocenters. The van der Waals surface area contributed by atoms with Gasteiger partial charge < -0.3 is 5.32 Å². The summed E-state index contributed by atoms with van der Waals surface area (Å²) in [6.45, 7) is 2.24. The second-order valence-electron chi connectivity index (χ2n) is 4.08. The molecule has 0 aromatic carbocycles. The monoisotopic (exact) mass is 227 g/mol. The summed E-state index contributed by atoms with van der Waals surface area (Å²) in [5.41, 5.74) is 1.27. The molecule has 5 nitrogen and oxygen atoms in total. The first-order chi connectivity index (χ1) is 6.83. The zero-order chi connectivity index (χ0) is 9.54. The number of tetrazole rings is 1. The molecule has 1 N–H and O–H groups in total. The summed E-state index contributed by atoms with van der Waals surface area (Å²) in [5, 5.41) is 15.5. The van der Waals surface area contributed by atoms with E-state index >= 15 is 0 Å². The number of allylic oxidation sites excluding steroid dienone is 1. The van der Waals surface area contributed by atoms with Crippen LogP contribution in [0.25, 0.3) is 5.57 Å². The minimum Gasteiger partial charge on any atom is -0.316 e. The molecule has 15 heavy (non-hydrogen) atoms. The van der Waals surface area contributed by atoms with Gasteiger partial charge in [0.1, 0.15) is 0 Å². The van der Waals surface area contributed by atoms with Crippen LogP contribution >= 0.6 is 12.4 Å². The molecule has 2 heterocycles. The van der Waals surface area contributed by atoms with Crippen molar-refractivity contribution in [3.8, 4) is 0 Å². The molecule has 0 saturated carbocycles. The minimum absolute atomic E-state index is 0. The minimum atomic E-state index is 0. The molecule has 1 aliphatic carbocycles. The van der Waals surface area contributed by atoms with Crippen molar-refractivity contribution in [2.75, 3.05) is 13.1 Å². The van der Waals surface area contributed by atoms with Crippen molar-refractivity contribution in [1.82, 2.24) is 25.5 Å². The van der Waals surface area contributed by atoms with E-state index in [1.54, 1.807) is 7.05 Å². The molecule has 1 aromatic rings. The maximum atomic E-state index is 4.23. The first-order valence-electron chi connectivity index (χ1n) is 4.99. The quantitative estimate of drug-likeness (QED) is 0.748. The van der Waals surface area contributed by atoms with E-state index in [0.29, 0.717) is 5.92 Å². The number of halogens is 1. The van der Waals surface area contributed by atoms with E-state index in [2.05, 4.69) is 26.8 Å². The number of nitrogens with zero attached hydrogens (tertiary/aromatic N) is 4. The Bertz CT molecular complexity index is 386. The van der Waals surface area contributed by atoms with Gasteiger partial charge in [-0.25, -0.2) is 0 Å². The summed E-state index contributed by atoms with van der Waals surface area (Å²) >= 11 is 0. The molecule has 2 unspecified atom stereocenters. The van der Waals surface area contributed by atoms with Crippen LogP contribution < -0.4 is 5.32 Å². The van der Waals surface area contributed by atoms with Crippen molar-refractivity contribution in [3.63, 3.8) is 0 Å². The molecular weight excluding hydrogens is 214 g/mol. The van der Waals surface area contributed by atoms with E-state index in [9.17, 15) is 0 Å². The van der Waals surface area contributed by atoms with Gasteiger partial charge >= 0.3 is 0 Å². The zero-order valence-corrected chi connectivity index (χ0v) is 9.37. The van der Waals surface area contributed by atoms with Gasteiger partial charge in [0.25, 0.3) is 0 Å². The number of aromatic nitrogens is 4. The highest BCUT2D eigenvalue weighted by molar-refractivity contribution is 5.85.